The topological polar surface area (TPSA) is 108 Å². The molecule has 0 spiro atoms. The molecule has 2 aromatic carbocycles. The number of urea groups is 1. The number of methoxy groups -OCH3 is 1. The van der Waals surface area contributed by atoms with Crippen LogP contribution in [0.3, 0.4) is 0 Å². The zero-order valence-corrected chi connectivity index (χ0v) is 19.4. The number of aliphatic carboxylic acids is 1. The molecule has 4 rings (SSSR count). The molecule has 0 saturated carbocycles. The van der Waals surface area contributed by atoms with E-state index in [2.05, 4.69) is 5.32 Å². The summed E-state index contributed by atoms with van der Waals surface area (Å²) in [6.45, 7) is 3.87. The average molecular weight is 468 g/mol. The van der Waals surface area contributed by atoms with Crippen LogP contribution in [0.2, 0.25) is 0 Å². The lowest BCUT2D eigenvalue weighted by atomic mass is 9.92. The van der Waals surface area contributed by atoms with Gasteiger partial charge in [-0.1, -0.05) is 18.2 Å². The third-order valence-corrected chi connectivity index (χ3v) is 6.30. The van der Waals surface area contributed by atoms with Gasteiger partial charge in [0.2, 0.25) is 0 Å². The Morgan fingerprint density at radius 2 is 1.85 bits per heavy atom. The molecular weight excluding hydrogens is 438 g/mol. The second kappa shape index (κ2) is 10.1. The molecule has 34 heavy (non-hydrogen) atoms. The van der Waals surface area contributed by atoms with Crippen LogP contribution in [0.15, 0.2) is 47.7 Å². The summed E-state index contributed by atoms with van der Waals surface area (Å²) in [5.74, 6) is -0.319. The normalized spacial score (nSPS) is 18.8. The van der Waals surface area contributed by atoms with Crippen LogP contribution in [-0.4, -0.2) is 72.8 Å². The zero-order valence-electron chi connectivity index (χ0n) is 19.4. The van der Waals surface area contributed by atoms with Crippen LogP contribution in [0, 0.1) is 0 Å². The first-order valence-corrected chi connectivity index (χ1v) is 11.3. The van der Waals surface area contributed by atoms with Crippen LogP contribution in [-0.2, 0) is 14.3 Å². The van der Waals surface area contributed by atoms with Gasteiger partial charge in [-0.25, -0.2) is 4.79 Å². The standard InChI is InChI=1S/C25H29N3O6/c1-16-22(24(31)27-10-12-34-13-11-27)23(26-25(32)28(16)9-3-4-21(29)30)19-6-5-18-15-20(33-2)8-7-17(18)14-19/h5-8,14-15,23H,3-4,9-13H2,1-2H3,(H,26,32)(H,29,30)/t23-/m0/s1. The minimum Gasteiger partial charge on any atom is -0.497 e. The molecule has 2 heterocycles. The molecule has 1 atom stereocenters. The van der Waals surface area contributed by atoms with Crippen LogP contribution >= 0.6 is 0 Å². The first kappa shape index (κ1) is 23.6. The largest absolute Gasteiger partial charge is 0.497 e. The minimum atomic E-state index is -0.922. The summed E-state index contributed by atoms with van der Waals surface area (Å²) >= 11 is 0. The van der Waals surface area contributed by atoms with Crippen LogP contribution in [0.4, 0.5) is 4.79 Å². The Morgan fingerprint density at radius 1 is 1.15 bits per heavy atom. The first-order chi connectivity index (χ1) is 16.4. The van der Waals surface area contributed by atoms with E-state index in [-0.39, 0.29) is 24.9 Å². The van der Waals surface area contributed by atoms with Crippen LogP contribution in [0.1, 0.15) is 31.4 Å². The highest BCUT2D eigenvalue weighted by molar-refractivity contribution is 5.99. The third-order valence-electron chi connectivity index (χ3n) is 6.30. The van der Waals surface area contributed by atoms with Gasteiger partial charge in [0.15, 0.2) is 0 Å². The number of nitrogens with zero attached hydrogens (tertiary/aromatic N) is 2. The maximum Gasteiger partial charge on any atom is 0.322 e. The van der Waals surface area contributed by atoms with Gasteiger partial charge in [0.25, 0.3) is 5.91 Å². The quantitative estimate of drug-likeness (QED) is 0.648. The lowest BCUT2D eigenvalue weighted by Gasteiger charge is -2.38. The van der Waals surface area contributed by atoms with Gasteiger partial charge in [0.05, 0.1) is 31.9 Å². The van der Waals surface area contributed by atoms with Crippen molar-refractivity contribution in [1.29, 1.82) is 0 Å². The summed E-state index contributed by atoms with van der Waals surface area (Å²) in [5, 5.41) is 13.9. The lowest BCUT2D eigenvalue weighted by molar-refractivity contribution is -0.137. The Balaban J connectivity index is 1.72. The Labute approximate surface area is 197 Å². The van der Waals surface area contributed by atoms with Gasteiger partial charge < -0.3 is 24.8 Å². The Hall–Kier alpha value is -3.59. The second-order valence-electron chi connectivity index (χ2n) is 8.41. The summed E-state index contributed by atoms with van der Waals surface area (Å²) in [5.41, 5.74) is 1.84. The number of rotatable bonds is 7. The van der Waals surface area contributed by atoms with Crippen molar-refractivity contribution in [3.05, 3.63) is 53.2 Å². The van der Waals surface area contributed by atoms with E-state index >= 15 is 0 Å². The van der Waals surface area contributed by atoms with E-state index in [1.54, 1.807) is 18.9 Å². The molecule has 0 aromatic heterocycles. The van der Waals surface area contributed by atoms with Gasteiger partial charge in [0.1, 0.15) is 5.75 Å². The van der Waals surface area contributed by atoms with Gasteiger partial charge in [-0.15, -0.1) is 0 Å². The second-order valence-corrected chi connectivity index (χ2v) is 8.41. The average Bonchev–Trinajstić information content (AvgIpc) is 2.85. The number of fused-ring (bicyclic) bond motifs is 1. The van der Waals surface area contributed by atoms with Gasteiger partial charge in [-0.3, -0.25) is 14.5 Å². The monoisotopic (exact) mass is 467 g/mol. The molecule has 1 fully saturated rings. The predicted octanol–water partition coefficient (Wildman–Crippen LogP) is 2.91. The van der Waals surface area contributed by atoms with E-state index in [0.29, 0.717) is 44.0 Å². The van der Waals surface area contributed by atoms with Crippen molar-refractivity contribution in [1.82, 2.24) is 15.1 Å². The van der Waals surface area contributed by atoms with Gasteiger partial charge in [0, 0.05) is 31.8 Å². The van der Waals surface area contributed by atoms with Crippen molar-refractivity contribution in [2.45, 2.75) is 25.8 Å². The van der Waals surface area contributed by atoms with Crippen LogP contribution < -0.4 is 10.1 Å². The fourth-order valence-electron chi connectivity index (χ4n) is 4.45. The number of carboxylic acid groups (broad SMARTS) is 1. The maximum absolute atomic E-state index is 13.7. The van der Waals surface area contributed by atoms with Crippen molar-refractivity contribution < 1.29 is 29.0 Å². The molecule has 180 valence electrons. The number of hydrogen-bond acceptors (Lipinski definition) is 5. The molecule has 1 saturated heterocycles. The summed E-state index contributed by atoms with van der Waals surface area (Å²) < 4.78 is 10.7. The number of carboxylic acids is 1. The highest BCUT2D eigenvalue weighted by atomic mass is 16.5. The fraction of sp³-hybridized carbons (Fsp3) is 0.400. The molecule has 0 unspecified atom stereocenters. The van der Waals surface area contributed by atoms with E-state index in [1.165, 1.54) is 4.90 Å². The smallest absolute Gasteiger partial charge is 0.322 e. The number of morpholine rings is 1. The SMILES string of the molecule is COc1ccc2cc([C@@H]3NC(=O)N(CCCC(=O)O)C(C)=C3C(=O)N3CCOCC3)ccc2c1. The van der Waals surface area contributed by atoms with Crippen molar-refractivity contribution >= 4 is 28.7 Å². The number of allylic oxidation sites excluding steroid dienone is 1. The molecule has 2 N–H and O–H groups in total. The Bertz CT molecular complexity index is 1140. The molecule has 3 amide bonds. The number of benzene rings is 2. The molecule has 2 aromatic rings. The number of amides is 3. The van der Waals surface area contributed by atoms with Gasteiger partial charge in [-0.2, -0.15) is 0 Å². The summed E-state index contributed by atoms with van der Waals surface area (Å²) in [6.07, 6.45) is 0.239. The van der Waals surface area contributed by atoms with Crippen molar-refractivity contribution in [3.63, 3.8) is 0 Å². The van der Waals surface area contributed by atoms with E-state index in [4.69, 9.17) is 14.6 Å². The number of carbonyl (C=O) groups excluding carboxylic acids is 2. The van der Waals surface area contributed by atoms with Crippen LogP contribution in [0.5, 0.6) is 5.75 Å². The Kier molecular flexibility index (Phi) is 7.02. The highest BCUT2D eigenvalue weighted by Gasteiger charge is 2.37. The highest BCUT2D eigenvalue weighted by Crippen LogP contribution is 2.34. The van der Waals surface area contributed by atoms with E-state index in [0.717, 1.165) is 22.1 Å². The molecule has 0 aliphatic carbocycles. The third kappa shape index (κ3) is 4.84. The zero-order chi connectivity index (χ0) is 24.2. The maximum atomic E-state index is 13.7. The molecule has 2 aliphatic heterocycles. The fourth-order valence-corrected chi connectivity index (χ4v) is 4.45. The summed E-state index contributed by atoms with van der Waals surface area (Å²) in [7, 11) is 1.62. The van der Waals surface area contributed by atoms with Crippen LogP contribution in [0.25, 0.3) is 10.8 Å². The van der Waals surface area contributed by atoms with Gasteiger partial charge in [-0.05, 0) is 47.9 Å². The number of nitrogens with one attached hydrogen (secondary N) is 1. The number of carbonyl (C=O) groups is 3. The summed E-state index contributed by atoms with van der Waals surface area (Å²) in [6, 6.07) is 10.6. The predicted molar refractivity (Wildman–Crippen MR) is 125 cm³/mol. The molecule has 0 radical (unpaired) electrons. The van der Waals surface area contributed by atoms with Crippen molar-refractivity contribution in [2.24, 2.45) is 0 Å². The van der Waals surface area contributed by atoms with Crippen molar-refractivity contribution in [2.75, 3.05) is 40.0 Å². The first-order valence-electron chi connectivity index (χ1n) is 11.3. The molecule has 9 heteroatoms. The minimum absolute atomic E-state index is 0.0542. The molecule has 9 nitrogen and oxygen atoms in total. The summed E-state index contributed by atoms with van der Waals surface area (Å²) in [4.78, 5) is 40.9. The number of hydrogen-bond donors (Lipinski definition) is 2. The van der Waals surface area contributed by atoms with E-state index < -0.39 is 12.0 Å². The molecule has 2 aliphatic rings. The lowest BCUT2D eigenvalue weighted by Crippen LogP contribution is -2.51. The number of ether oxygens (including phenoxy) is 2. The van der Waals surface area contributed by atoms with E-state index in [1.807, 2.05) is 36.4 Å². The molecular formula is C25H29N3O6. The molecule has 0 bridgehead atoms. The Morgan fingerprint density at radius 3 is 2.56 bits per heavy atom. The van der Waals surface area contributed by atoms with E-state index in [9.17, 15) is 14.4 Å². The van der Waals surface area contributed by atoms with Gasteiger partial charge >= 0.3 is 12.0 Å². The van der Waals surface area contributed by atoms with Crippen molar-refractivity contribution in [3.8, 4) is 5.75 Å².